The summed E-state index contributed by atoms with van der Waals surface area (Å²) in [6, 6.07) is 13.7. The van der Waals surface area contributed by atoms with Crippen molar-refractivity contribution in [2.45, 2.75) is 40.3 Å². The van der Waals surface area contributed by atoms with Gasteiger partial charge in [-0.3, -0.25) is 4.79 Å². The van der Waals surface area contributed by atoms with Crippen LogP contribution in [0.15, 0.2) is 47.0 Å². The summed E-state index contributed by atoms with van der Waals surface area (Å²) < 4.78 is 11.0. The van der Waals surface area contributed by atoms with E-state index in [1.165, 1.54) is 0 Å². The number of carbonyl (C=O) groups is 1. The van der Waals surface area contributed by atoms with Crippen LogP contribution in [0.4, 0.5) is 0 Å². The highest BCUT2D eigenvalue weighted by Crippen LogP contribution is 2.20. The Morgan fingerprint density at radius 1 is 1.11 bits per heavy atom. The molecule has 1 heterocycles. The van der Waals surface area contributed by atoms with E-state index in [0.29, 0.717) is 17.5 Å². The monoisotopic (exact) mass is 365 g/mol. The highest BCUT2D eigenvalue weighted by Gasteiger charge is 2.17. The molecule has 0 aliphatic heterocycles. The standard InChI is InChI=1S/C21H23N3O3/c1-13-6-9-17(10-7-13)20-23-19(27-24-20)12-22-21(25)16(4)26-18-11-14(2)5-8-15(18)3/h5-11,16H,12H2,1-4H3,(H,22,25). The van der Waals surface area contributed by atoms with Crippen LogP contribution >= 0.6 is 0 Å². The van der Waals surface area contributed by atoms with Gasteiger partial charge in [0, 0.05) is 5.56 Å². The van der Waals surface area contributed by atoms with E-state index in [4.69, 9.17) is 9.26 Å². The number of nitrogens with zero attached hydrogens (tertiary/aromatic N) is 2. The summed E-state index contributed by atoms with van der Waals surface area (Å²) in [5, 5.41) is 6.73. The molecule has 6 nitrogen and oxygen atoms in total. The summed E-state index contributed by atoms with van der Waals surface area (Å²) in [7, 11) is 0. The van der Waals surface area contributed by atoms with Crippen LogP contribution in [-0.2, 0) is 11.3 Å². The van der Waals surface area contributed by atoms with Gasteiger partial charge in [-0.25, -0.2) is 0 Å². The molecule has 1 amide bonds. The molecule has 2 aromatic carbocycles. The SMILES string of the molecule is Cc1ccc(-c2noc(CNC(=O)C(C)Oc3cc(C)ccc3C)n2)cc1. The quantitative estimate of drug-likeness (QED) is 0.720. The minimum atomic E-state index is -0.634. The molecule has 1 N–H and O–H groups in total. The third-order valence-electron chi connectivity index (χ3n) is 4.21. The second-order valence-electron chi connectivity index (χ2n) is 6.62. The summed E-state index contributed by atoms with van der Waals surface area (Å²) in [6.45, 7) is 7.81. The Morgan fingerprint density at radius 3 is 2.56 bits per heavy atom. The van der Waals surface area contributed by atoms with E-state index in [2.05, 4.69) is 15.5 Å². The van der Waals surface area contributed by atoms with Crippen LogP contribution in [-0.4, -0.2) is 22.2 Å². The number of benzene rings is 2. The lowest BCUT2D eigenvalue weighted by atomic mass is 10.1. The normalized spacial score (nSPS) is 11.9. The van der Waals surface area contributed by atoms with Crippen LogP contribution in [0.2, 0.25) is 0 Å². The number of aromatic nitrogens is 2. The average Bonchev–Trinajstić information content (AvgIpc) is 3.12. The fraction of sp³-hybridized carbons (Fsp3) is 0.286. The molecule has 140 valence electrons. The number of rotatable bonds is 6. The molecule has 1 aromatic heterocycles. The number of hydrogen-bond donors (Lipinski definition) is 1. The van der Waals surface area contributed by atoms with Crippen LogP contribution in [0.25, 0.3) is 11.4 Å². The molecule has 3 aromatic rings. The van der Waals surface area contributed by atoms with Crippen molar-refractivity contribution in [3.63, 3.8) is 0 Å². The van der Waals surface area contributed by atoms with Crippen LogP contribution < -0.4 is 10.1 Å². The van der Waals surface area contributed by atoms with E-state index in [0.717, 1.165) is 22.3 Å². The molecule has 6 heteroatoms. The van der Waals surface area contributed by atoms with Crippen molar-refractivity contribution in [1.82, 2.24) is 15.5 Å². The Balaban J connectivity index is 1.57. The van der Waals surface area contributed by atoms with Gasteiger partial charge in [0.15, 0.2) is 6.10 Å². The van der Waals surface area contributed by atoms with Crippen LogP contribution in [0.5, 0.6) is 5.75 Å². The first-order valence-corrected chi connectivity index (χ1v) is 8.83. The molecule has 0 spiro atoms. The molecule has 0 aliphatic carbocycles. The molecule has 1 atom stereocenters. The maximum Gasteiger partial charge on any atom is 0.261 e. The molecule has 3 rings (SSSR count). The van der Waals surface area contributed by atoms with Gasteiger partial charge in [-0.1, -0.05) is 47.1 Å². The Morgan fingerprint density at radius 2 is 1.81 bits per heavy atom. The molecule has 27 heavy (non-hydrogen) atoms. The lowest BCUT2D eigenvalue weighted by Gasteiger charge is -2.16. The predicted octanol–water partition coefficient (Wildman–Crippen LogP) is 3.75. The van der Waals surface area contributed by atoms with E-state index < -0.39 is 6.10 Å². The third-order valence-corrected chi connectivity index (χ3v) is 4.21. The van der Waals surface area contributed by atoms with E-state index in [1.54, 1.807) is 6.92 Å². The van der Waals surface area contributed by atoms with Crippen LogP contribution in [0.1, 0.15) is 29.5 Å². The number of nitrogens with one attached hydrogen (secondary N) is 1. The maximum atomic E-state index is 12.3. The highest BCUT2D eigenvalue weighted by atomic mass is 16.5. The van der Waals surface area contributed by atoms with Crippen molar-refractivity contribution in [2.24, 2.45) is 0 Å². The van der Waals surface area contributed by atoms with Crippen molar-refractivity contribution < 1.29 is 14.1 Å². The maximum absolute atomic E-state index is 12.3. The molecular weight excluding hydrogens is 342 g/mol. The van der Waals surface area contributed by atoms with Gasteiger partial charge in [-0.05, 0) is 44.9 Å². The van der Waals surface area contributed by atoms with Gasteiger partial charge in [0.25, 0.3) is 5.91 Å². The number of aryl methyl sites for hydroxylation is 3. The fourth-order valence-electron chi connectivity index (χ4n) is 2.53. The zero-order valence-corrected chi connectivity index (χ0v) is 15.9. The van der Waals surface area contributed by atoms with Gasteiger partial charge in [0.1, 0.15) is 5.75 Å². The Bertz CT molecular complexity index is 932. The number of ether oxygens (including phenoxy) is 1. The van der Waals surface area contributed by atoms with Gasteiger partial charge >= 0.3 is 0 Å². The van der Waals surface area contributed by atoms with E-state index in [1.807, 2.05) is 63.2 Å². The molecule has 0 saturated heterocycles. The first-order chi connectivity index (χ1) is 12.9. The second-order valence-corrected chi connectivity index (χ2v) is 6.62. The van der Waals surface area contributed by atoms with Gasteiger partial charge in [-0.2, -0.15) is 4.98 Å². The molecule has 0 fully saturated rings. The first kappa shape index (κ1) is 18.6. The van der Waals surface area contributed by atoms with E-state index >= 15 is 0 Å². The zero-order chi connectivity index (χ0) is 19.4. The average molecular weight is 365 g/mol. The minimum Gasteiger partial charge on any atom is -0.481 e. The number of amides is 1. The summed E-state index contributed by atoms with van der Waals surface area (Å²) in [4.78, 5) is 16.6. The van der Waals surface area contributed by atoms with Crippen molar-refractivity contribution in [1.29, 1.82) is 0 Å². The Hall–Kier alpha value is -3.15. The van der Waals surface area contributed by atoms with E-state index in [-0.39, 0.29) is 12.5 Å². The van der Waals surface area contributed by atoms with Crippen molar-refractivity contribution in [3.05, 3.63) is 65.0 Å². The largest absolute Gasteiger partial charge is 0.481 e. The second kappa shape index (κ2) is 8.03. The number of carbonyl (C=O) groups excluding carboxylic acids is 1. The summed E-state index contributed by atoms with van der Waals surface area (Å²) in [5.41, 5.74) is 4.10. The minimum absolute atomic E-state index is 0.151. The van der Waals surface area contributed by atoms with Crippen molar-refractivity contribution in [2.75, 3.05) is 0 Å². The molecule has 0 bridgehead atoms. The molecule has 1 unspecified atom stereocenters. The Labute approximate surface area is 158 Å². The topological polar surface area (TPSA) is 77.2 Å². The van der Waals surface area contributed by atoms with Crippen molar-refractivity contribution >= 4 is 5.91 Å². The van der Waals surface area contributed by atoms with Gasteiger partial charge in [0.2, 0.25) is 11.7 Å². The van der Waals surface area contributed by atoms with Crippen LogP contribution in [0.3, 0.4) is 0 Å². The molecule has 0 radical (unpaired) electrons. The lowest BCUT2D eigenvalue weighted by molar-refractivity contribution is -0.127. The van der Waals surface area contributed by atoms with Gasteiger partial charge in [0.05, 0.1) is 6.54 Å². The third kappa shape index (κ3) is 4.73. The van der Waals surface area contributed by atoms with E-state index in [9.17, 15) is 4.79 Å². The summed E-state index contributed by atoms with van der Waals surface area (Å²) >= 11 is 0. The number of hydrogen-bond acceptors (Lipinski definition) is 5. The van der Waals surface area contributed by atoms with Crippen LogP contribution in [0, 0.1) is 20.8 Å². The summed E-state index contributed by atoms with van der Waals surface area (Å²) in [5.74, 6) is 1.31. The first-order valence-electron chi connectivity index (χ1n) is 8.83. The molecular formula is C21H23N3O3. The smallest absolute Gasteiger partial charge is 0.261 e. The van der Waals surface area contributed by atoms with Gasteiger partial charge in [-0.15, -0.1) is 0 Å². The predicted molar refractivity (Wildman–Crippen MR) is 102 cm³/mol. The Kier molecular flexibility index (Phi) is 5.54. The fourth-order valence-corrected chi connectivity index (χ4v) is 2.53. The lowest BCUT2D eigenvalue weighted by Crippen LogP contribution is -2.36. The van der Waals surface area contributed by atoms with Gasteiger partial charge < -0.3 is 14.6 Å². The van der Waals surface area contributed by atoms with Crippen molar-refractivity contribution in [3.8, 4) is 17.1 Å². The summed E-state index contributed by atoms with van der Waals surface area (Å²) in [6.07, 6.45) is -0.634. The molecule has 0 saturated carbocycles. The highest BCUT2D eigenvalue weighted by molar-refractivity contribution is 5.80. The molecule has 0 aliphatic rings. The zero-order valence-electron chi connectivity index (χ0n) is 15.9.